The van der Waals surface area contributed by atoms with Crippen molar-refractivity contribution in [1.29, 1.82) is 0 Å². The van der Waals surface area contributed by atoms with Gasteiger partial charge in [-0.05, 0) is 24.1 Å². The molecule has 2 heterocycles. The fraction of sp³-hybridized carbons (Fsp3) is 0.250. The van der Waals surface area contributed by atoms with Crippen molar-refractivity contribution in [2.75, 3.05) is 18.4 Å². The zero-order valence-electron chi connectivity index (χ0n) is 13.0. The normalized spacial score (nSPS) is 10.7. The number of imidazole rings is 1. The van der Waals surface area contributed by atoms with E-state index >= 15 is 0 Å². The summed E-state index contributed by atoms with van der Waals surface area (Å²) in [5.74, 6) is 0.843. The van der Waals surface area contributed by atoms with Gasteiger partial charge in [-0.3, -0.25) is 4.79 Å². The number of hydrogen-bond acceptors (Lipinski definition) is 6. The number of nitrogens with one attached hydrogen (secondary N) is 3. The number of aromatic hydroxyl groups is 1. The molecule has 1 amide bonds. The number of carbonyl (C=O) groups excluding carboxylic acids is 1. The van der Waals surface area contributed by atoms with Crippen LogP contribution in [0.2, 0.25) is 0 Å². The molecule has 1 aromatic carbocycles. The van der Waals surface area contributed by atoms with Gasteiger partial charge >= 0.3 is 0 Å². The van der Waals surface area contributed by atoms with Crippen LogP contribution in [0.5, 0.6) is 5.75 Å². The average molecular weight is 326 g/mol. The Morgan fingerprint density at radius 1 is 1.12 bits per heavy atom. The van der Waals surface area contributed by atoms with Crippen LogP contribution in [0.15, 0.2) is 36.9 Å². The lowest BCUT2D eigenvalue weighted by molar-refractivity contribution is -0.120. The maximum absolute atomic E-state index is 11.8. The third-order valence-electron chi connectivity index (χ3n) is 3.54. The fourth-order valence-electron chi connectivity index (χ4n) is 2.29. The lowest BCUT2D eigenvalue weighted by atomic mass is 10.1. The van der Waals surface area contributed by atoms with E-state index in [0.717, 1.165) is 17.5 Å². The number of aromatic amines is 1. The molecule has 2 aromatic heterocycles. The quantitative estimate of drug-likeness (QED) is 0.519. The largest absolute Gasteiger partial charge is 0.508 e. The molecule has 0 bridgehead atoms. The van der Waals surface area contributed by atoms with Crippen LogP contribution in [0.4, 0.5) is 5.82 Å². The predicted molar refractivity (Wildman–Crippen MR) is 89.6 cm³/mol. The minimum absolute atomic E-state index is 0.0313. The van der Waals surface area contributed by atoms with Crippen LogP contribution in [0.25, 0.3) is 11.2 Å². The highest BCUT2D eigenvalue weighted by atomic mass is 16.3. The molecule has 0 saturated carbocycles. The first-order chi connectivity index (χ1) is 11.7. The van der Waals surface area contributed by atoms with Gasteiger partial charge in [0.15, 0.2) is 11.5 Å². The molecule has 0 fully saturated rings. The van der Waals surface area contributed by atoms with E-state index in [1.54, 1.807) is 18.5 Å². The predicted octanol–water partition coefficient (Wildman–Crippen LogP) is 1.22. The smallest absolute Gasteiger partial charge is 0.221 e. The number of fused-ring (bicyclic) bond motifs is 1. The van der Waals surface area contributed by atoms with Crippen LogP contribution < -0.4 is 10.6 Å². The maximum atomic E-state index is 11.8. The van der Waals surface area contributed by atoms with Crippen molar-refractivity contribution in [3.8, 4) is 5.75 Å². The van der Waals surface area contributed by atoms with E-state index in [1.165, 1.54) is 6.33 Å². The molecule has 0 spiro atoms. The molecule has 8 nitrogen and oxygen atoms in total. The summed E-state index contributed by atoms with van der Waals surface area (Å²) in [7, 11) is 0. The summed E-state index contributed by atoms with van der Waals surface area (Å²) in [5.41, 5.74) is 2.38. The molecule has 0 saturated heterocycles. The number of H-pyrrole nitrogens is 1. The van der Waals surface area contributed by atoms with Crippen molar-refractivity contribution in [3.63, 3.8) is 0 Å². The Labute approximate surface area is 138 Å². The van der Waals surface area contributed by atoms with E-state index in [0.29, 0.717) is 31.0 Å². The van der Waals surface area contributed by atoms with E-state index in [2.05, 4.69) is 30.6 Å². The van der Waals surface area contributed by atoms with Gasteiger partial charge in [-0.2, -0.15) is 0 Å². The molecule has 0 aliphatic carbocycles. The summed E-state index contributed by atoms with van der Waals surface area (Å²) in [5, 5.41) is 15.2. The number of benzene rings is 1. The Hall–Kier alpha value is -3.16. The molecule has 24 heavy (non-hydrogen) atoms. The van der Waals surface area contributed by atoms with E-state index in [-0.39, 0.29) is 11.7 Å². The highest BCUT2D eigenvalue weighted by molar-refractivity contribution is 5.82. The summed E-state index contributed by atoms with van der Waals surface area (Å²) < 4.78 is 0. The number of phenols is 1. The number of aromatic nitrogens is 4. The van der Waals surface area contributed by atoms with Gasteiger partial charge in [0.25, 0.3) is 0 Å². The van der Waals surface area contributed by atoms with Crippen molar-refractivity contribution in [2.24, 2.45) is 0 Å². The highest BCUT2D eigenvalue weighted by Gasteiger charge is 2.06. The Bertz CT molecular complexity index is 815. The molecular weight excluding hydrogens is 308 g/mol. The molecule has 0 unspecified atom stereocenters. The number of anilines is 1. The summed E-state index contributed by atoms with van der Waals surface area (Å²) >= 11 is 0. The number of carbonyl (C=O) groups is 1. The third-order valence-corrected chi connectivity index (χ3v) is 3.54. The van der Waals surface area contributed by atoms with Gasteiger partial charge in [-0.1, -0.05) is 12.1 Å². The second kappa shape index (κ2) is 7.40. The topological polar surface area (TPSA) is 116 Å². The van der Waals surface area contributed by atoms with Crippen molar-refractivity contribution < 1.29 is 9.90 Å². The summed E-state index contributed by atoms with van der Waals surface area (Å²) in [6.07, 6.45) is 4.05. The third kappa shape index (κ3) is 3.97. The molecule has 0 radical (unpaired) electrons. The van der Waals surface area contributed by atoms with Crippen LogP contribution in [0, 0.1) is 0 Å². The van der Waals surface area contributed by atoms with Gasteiger partial charge in [0, 0.05) is 19.5 Å². The van der Waals surface area contributed by atoms with Crippen LogP contribution in [-0.2, 0) is 11.2 Å². The first-order valence-electron chi connectivity index (χ1n) is 7.65. The Morgan fingerprint density at radius 3 is 2.79 bits per heavy atom. The molecule has 4 N–H and O–H groups in total. The minimum Gasteiger partial charge on any atom is -0.508 e. The Morgan fingerprint density at radius 2 is 1.96 bits per heavy atom. The SMILES string of the molecule is O=C(CCNc1ncnc2nc[nH]c12)NCCc1ccc(O)cc1. The zero-order chi connectivity index (χ0) is 16.8. The molecule has 0 aliphatic heterocycles. The van der Waals surface area contributed by atoms with Crippen molar-refractivity contribution in [2.45, 2.75) is 12.8 Å². The van der Waals surface area contributed by atoms with Gasteiger partial charge in [0.1, 0.15) is 17.6 Å². The summed E-state index contributed by atoms with van der Waals surface area (Å²) in [4.78, 5) is 27.0. The van der Waals surface area contributed by atoms with Crippen LogP contribution in [0.3, 0.4) is 0 Å². The standard InChI is InChI=1S/C16H18N6O2/c23-12-3-1-11(2-4-12)5-7-17-13(24)6-8-18-15-14-16(20-9-19-14)22-10-21-15/h1-4,9-10,23H,5-8H2,(H,17,24)(H2,18,19,20,21,22). The Balaban J connectivity index is 1.39. The average Bonchev–Trinajstić information content (AvgIpc) is 3.06. The number of hydrogen-bond donors (Lipinski definition) is 4. The van der Waals surface area contributed by atoms with Crippen molar-refractivity contribution in [1.82, 2.24) is 25.3 Å². The van der Waals surface area contributed by atoms with E-state index in [4.69, 9.17) is 0 Å². The minimum atomic E-state index is -0.0313. The maximum Gasteiger partial charge on any atom is 0.221 e. The van der Waals surface area contributed by atoms with E-state index in [1.807, 2.05) is 12.1 Å². The summed E-state index contributed by atoms with van der Waals surface area (Å²) in [6, 6.07) is 6.96. The summed E-state index contributed by atoms with van der Waals surface area (Å²) in [6.45, 7) is 1.03. The van der Waals surface area contributed by atoms with Crippen molar-refractivity contribution >= 4 is 22.9 Å². The van der Waals surface area contributed by atoms with Gasteiger partial charge in [0.2, 0.25) is 5.91 Å². The molecule has 0 aliphatic rings. The van der Waals surface area contributed by atoms with E-state index in [9.17, 15) is 9.90 Å². The molecule has 124 valence electrons. The van der Waals surface area contributed by atoms with Crippen molar-refractivity contribution in [3.05, 3.63) is 42.5 Å². The first-order valence-corrected chi connectivity index (χ1v) is 7.65. The van der Waals surface area contributed by atoms with Gasteiger partial charge in [0.05, 0.1) is 6.33 Å². The molecular formula is C16H18N6O2. The Kier molecular flexibility index (Phi) is 4.85. The second-order valence-corrected chi connectivity index (χ2v) is 5.27. The van der Waals surface area contributed by atoms with Crippen LogP contribution in [0.1, 0.15) is 12.0 Å². The number of rotatable bonds is 7. The highest BCUT2D eigenvalue weighted by Crippen LogP contribution is 2.14. The molecule has 3 aromatic rings. The lowest BCUT2D eigenvalue weighted by Gasteiger charge is -2.07. The second-order valence-electron chi connectivity index (χ2n) is 5.27. The van der Waals surface area contributed by atoms with E-state index < -0.39 is 0 Å². The van der Waals surface area contributed by atoms with Gasteiger partial charge < -0.3 is 20.7 Å². The number of amides is 1. The fourth-order valence-corrected chi connectivity index (χ4v) is 2.29. The van der Waals surface area contributed by atoms with Crippen LogP contribution >= 0.6 is 0 Å². The van der Waals surface area contributed by atoms with Gasteiger partial charge in [-0.15, -0.1) is 0 Å². The van der Waals surface area contributed by atoms with Gasteiger partial charge in [-0.25, -0.2) is 15.0 Å². The monoisotopic (exact) mass is 326 g/mol. The first kappa shape index (κ1) is 15.7. The molecule has 8 heteroatoms. The zero-order valence-corrected chi connectivity index (χ0v) is 13.0. The molecule has 3 rings (SSSR count). The lowest BCUT2D eigenvalue weighted by Crippen LogP contribution is -2.27. The molecule has 0 atom stereocenters. The number of phenolic OH excluding ortho intramolecular Hbond substituents is 1. The number of nitrogens with zero attached hydrogens (tertiary/aromatic N) is 3. The van der Waals surface area contributed by atoms with Crippen LogP contribution in [-0.4, -0.2) is 44.0 Å².